The van der Waals surface area contributed by atoms with Crippen molar-refractivity contribution in [1.29, 1.82) is 5.26 Å². The Balaban J connectivity index is 1.59. The first-order valence-corrected chi connectivity index (χ1v) is 8.77. The van der Waals surface area contributed by atoms with Gasteiger partial charge in [0.05, 0.1) is 12.2 Å². The number of hydrogen-bond donors (Lipinski definition) is 2. The predicted molar refractivity (Wildman–Crippen MR) is 89.1 cm³/mol. The van der Waals surface area contributed by atoms with Crippen molar-refractivity contribution in [1.82, 2.24) is 15.5 Å². The van der Waals surface area contributed by atoms with Gasteiger partial charge in [0.2, 0.25) is 0 Å². The summed E-state index contributed by atoms with van der Waals surface area (Å²) in [5.41, 5.74) is 0. The Bertz CT molecular complexity index is 481. The number of urea groups is 1. The van der Waals surface area contributed by atoms with E-state index in [2.05, 4.69) is 16.7 Å². The summed E-state index contributed by atoms with van der Waals surface area (Å²) in [6.07, 6.45) is 4.86. The molecule has 0 aromatic rings. The number of nitrogens with zero attached hydrogens (tertiary/aromatic N) is 2. The first-order chi connectivity index (χ1) is 11.5. The summed E-state index contributed by atoms with van der Waals surface area (Å²) in [7, 11) is 3.43. The van der Waals surface area contributed by atoms with E-state index in [1.807, 2.05) is 0 Å². The van der Waals surface area contributed by atoms with E-state index in [1.54, 1.807) is 14.1 Å². The first-order valence-electron chi connectivity index (χ1n) is 8.77. The monoisotopic (exact) mass is 336 g/mol. The molecular weight excluding hydrogens is 308 g/mol. The second kappa shape index (κ2) is 8.88. The minimum Gasteiger partial charge on any atom is -0.363 e. The van der Waals surface area contributed by atoms with Gasteiger partial charge in [-0.05, 0) is 44.4 Å². The maximum atomic E-state index is 11.9. The number of ether oxygens (including phenoxy) is 1. The Morgan fingerprint density at radius 1 is 1.08 bits per heavy atom. The van der Waals surface area contributed by atoms with Crippen LogP contribution in [0.5, 0.6) is 0 Å². The fourth-order valence-corrected chi connectivity index (χ4v) is 3.33. The third kappa shape index (κ3) is 5.38. The lowest BCUT2D eigenvalue weighted by Gasteiger charge is -2.25. The second-order valence-corrected chi connectivity index (χ2v) is 6.99. The van der Waals surface area contributed by atoms with Gasteiger partial charge in [0, 0.05) is 33.1 Å². The highest BCUT2D eigenvalue weighted by Crippen LogP contribution is 2.27. The van der Waals surface area contributed by atoms with Crippen molar-refractivity contribution in [2.24, 2.45) is 11.8 Å². The topological polar surface area (TPSA) is 94.5 Å². The Labute approximate surface area is 143 Å². The molecule has 0 aromatic carbocycles. The highest BCUT2D eigenvalue weighted by Gasteiger charge is 2.31. The molecular formula is C17H28N4O3. The van der Waals surface area contributed by atoms with Gasteiger partial charge in [-0.3, -0.25) is 4.79 Å². The van der Waals surface area contributed by atoms with Crippen LogP contribution >= 0.6 is 0 Å². The largest absolute Gasteiger partial charge is 0.363 e. The van der Waals surface area contributed by atoms with Crippen LogP contribution in [0.25, 0.3) is 0 Å². The molecule has 1 aliphatic heterocycles. The zero-order valence-corrected chi connectivity index (χ0v) is 14.6. The normalized spacial score (nSPS) is 29.5. The minimum atomic E-state index is -0.384. The molecule has 2 rings (SSSR count). The number of carbonyl (C=O) groups is 2. The maximum Gasteiger partial charge on any atom is 0.314 e. The van der Waals surface area contributed by atoms with Gasteiger partial charge in [0.15, 0.2) is 0 Å². The highest BCUT2D eigenvalue weighted by molar-refractivity contribution is 5.80. The third-order valence-electron chi connectivity index (χ3n) is 4.89. The molecule has 24 heavy (non-hydrogen) atoms. The molecule has 1 aliphatic carbocycles. The van der Waals surface area contributed by atoms with Crippen molar-refractivity contribution in [3.63, 3.8) is 0 Å². The lowest BCUT2D eigenvalue weighted by Crippen LogP contribution is -2.42. The summed E-state index contributed by atoms with van der Waals surface area (Å²) in [5, 5.41) is 14.6. The van der Waals surface area contributed by atoms with Gasteiger partial charge in [-0.25, -0.2) is 4.79 Å². The number of hydrogen-bond acceptors (Lipinski definition) is 4. The van der Waals surface area contributed by atoms with E-state index in [0.717, 1.165) is 32.1 Å². The lowest BCUT2D eigenvalue weighted by atomic mass is 9.83. The zero-order valence-electron chi connectivity index (χ0n) is 14.6. The van der Waals surface area contributed by atoms with Crippen LogP contribution in [0.3, 0.4) is 0 Å². The van der Waals surface area contributed by atoms with Crippen molar-refractivity contribution in [3.05, 3.63) is 0 Å². The van der Waals surface area contributed by atoms with Gasteiger partial charge >= 0.3 is 6.03 Å². The van der Waals surface area contributed by atoms with E-state index in [9.17, 15) is 9.59 Å². The molecule has 1 saturated carbocycles. The minimum absolute atomic E-state index is 0.0186. The van der Waals surface area contributed by atoms with Crippen LogP contribution in [0, 0.1) is 23.2 Å². The molecule has 2 N–H and O–H groups in total. The summed E-state index contributed by atoms with van der Waals surface area (Å²) >= 11 is 0. The molecule has 0 unspecified atom stereocenters. The standard InChI is InChI=1S/C17H28N4O3/c1-21(2)16(22)15-8-7-14(24-15)11-20-17(23)19-10-13-5-3-12(9-18)4-6-13/h12-15H,3-8,10-11H2,1-2H3,(H2,19,20,23)/t12?,13?,14-,15-/m1/s1. The summed E-state index contributed by atoms with van der Waals surface area (Å²) in [6.45, 7) is 1.07. The van der Waals surface area contributed by atoms with Crippen molar-refractivity contribution < 1.29 is 14.3 Å². The molecule has 1 saturated heterocycles. The van der Waals surface area contributed by atoms with Crippen molar-refractivity contribution in [2.45, 2.75) is 50.7 Å². The van der Waals surface area contributed by atoms with Crippen LogP contribution < -0.4 is 10.6 Å². The fraction of sp³-hybridized carbons (Fsp3) is 0.824. The molecule has 7 heteroatoms. The molecule has 0 aromatic heterocycles. The molecule has 2 fully saturated rings. The average molecular weight is 336 g/mol. The molecule has 7 nitrogen and oxygen atoms in total. The maximum absolute atomic E-state index is 11.9. The Kier molecular flexibility index (Phi) is 6.85. The van der Waals surface area contributed by atoms with Gasteiger partial charge in [-0.15, -0.1) is 0 Å². The fourth-order valence-electron chi connectivity index (χ4n) is 3.33. The molecule has 0 bridgehead atoms. The van der Waals surface area contributed by atoms with Gasteiger partial charge in [-0.2, -0.15) is 5.26 Å². The first kappa shape index (κ1) is 18.5. The number of likely N-dealkylation sites (N-methyl/N-ethyl adjacent to an activating group) is 1. The van der Waals surface area contributed by atoms with Gasteiger partial charge in [0.25, 0.3) is 5.91 Å². The number of nitriles is 1. The Morgan fingerprint density at radius 3 is 2.38 bits per heavy atom. The molecule has 0 spiro atoms. The zero-order chi connectivity index (χ0) is 17.5. The molecule has 1 heterocycles. The average Bonchev–Trinajstić information content (AvgIpc) is 3.06. The predicted octanol–water partition coefficient (Wildman–Crippen LogP) is 1.25. The number of amides is 3. The number of rotatable bonds is 5. The molecule has 0 radical (unpaired) electrons. The number of nitrogens with one attached hydrogen (secondary N) is 2. The van der Waals surface area contributed by atoms with Gasteiger partial charge in [0.1, 0.15) is 6.10 Å². The van der Waals surface area contributed by atoms with Crippen molar-refractivity contribution in [3.8, 4) is 6.07 Å². The SMILES string of the molecule is CN(C)C(=O)[C@H]1CC[C@H](CNC(=O)NCC2CCC(C#N)CC2)O1. The van der Waals surface area contributed by atoms with Gasteiger partial charge in [-0.1, -0.05) is 0 Å². The molecule has 3 amide bonds. The van der Waals surface area contributed by atoms with Crippen molar-refractivity contribution in [2.75, 3.05) is 27.2 Å². The summed E-state index contributed by atoms with van der Waals surface area (Å²) in [5.74, 6) is 0.632. The molecule has 2 aliphatic rings. The van der Waals surface area contributed by atoms with Crippen molar-refractivity contribution >= 4 is 11.9 Å². The summed E-state index contributed by atoms with van der Waals surface area (Å²) in [4.78, 5) is 25.2. The quantitative estimate of drug-likeness (QED) is 0.790. The highest BCUT2D eigenvalue weighted by atomic mass is 16.5. The van der Waals surface area contributed by atoms with E-state index < -0.39 is 0 Å². The van der Waals surface area contributed by atoms with Crippen LogP contribution in [0.1, 0.15) is 38.5 Å². The van der Waals surface area contributed by atoms with E-state index in [1.165, 1.54) is 4.90 Å². The Hall–Kier alpha value is -1.81. The molecule has 2 atom stereocenters. The number of carbonyl (C=O) groups excluding carboxylic acids is 2. The van der Waals surface area contributed by atoms with Crippen LogP contribution in [0.2, 0.25) is 0 Å². The van der Waals surface area contributed by atoms with Crippen LogP contribution in [-0.2, 0) is 9.53 Å². The second-order valence-electron chi connectivity index (χ2n) is 6.99. The van der Waals surface area contributed by atoms with Gasteiger partial charge < -0.3 is 20.3 Å². The third-order valence-corrected chi connectivity index (χ3v) is 4.89. The van der Waals surface area contributed by atoms with Crippen LogP contribution in [0.15, 0.2) is 0 Å². The van der Waals surface area contributed by atoms with E-state index >= 15 is 0 Å². The molecule has 134 valence electrons. The van der Waals surface area contributed by atoms with E-state index in [4.69, 9.17) is 10.00 Å². The van der Waals surface area contributed by atoms with Crippen LogP contribution in [-0.4, -0.2) is 56.2 Å². The summed E-state index contributed by atoms with van der Waals surface area (Å²) in [6, 6.07) is 2.13. The lowest BCUT2D eigenvalue weighted by molar-refractivity contribution is -0.140. The van der Waals surface area contributed by atoms with Crippen LogP contribution in [0.4, 0.5) is 4.79 Å². The smallest absolute Gasteiger partial charge is 0.314 e. The Morgan fingerprint density at radius 2 is 1.75 bits per heavy atom. The van der Waals surface area contributed by atoms with E-state index in [0.29, 0.717) is 25.4 Å². The summed E-state index contributed by atoms with van der Waals surface area (Å²) < 4.78 is 5.69. The van der Waals surface area contributed by atoms with E-state index in [-0.39, 0.29) is 30.1 Å².